The van der Waals surface area contributed by atoms with Crippen molar-refractivity contribution in [3.05, 3.63) is 65.2 Å². The molecule has 1 unspecified atom stereocenters. The van der Waals surface area contributed by atoms with E-state index in [9.17, 15) is 5.11 Å². The molecule has 0 radical (unpaired) electrons. The summed E-state index contributed by atoms with van der Waals surface area (Å²) in [7, 11) is 0. The molecular formula is C22H30Cl2N2O2-2. The zero-order chi connectivity index (χ0) is 18.4. The number of piperazine rings is 1. The van der Waals surface area contributed by atoms with Crippen molar-refractivity contribution in [2.45, 2.75) is 26.5 Å². The molecule has 4 nitrogen and oxygen atoms in total. The first-order valence-electron chi connectivity index (χ1n) is 9.47. The number of nitrogens with zero attached hydrogens (tertiary/aromatic N) is 2. The third kappa shape index (κ3) is 7.61. The molecule has 1 saturated heterocycles. The fourth-order valence-corrected chi connectivity index (χ4v) is 3.37. The SMILES string of the molecule is Cc1ccc(C)c(OCC(O)CN2CCN(Cc3ccccc3)CC2)c1.[Cl-].[Cl-]. The number of aliphatic hydroxyl groups is 1. The van der Waals surface area contributed by atoms with Crippen LogP contribution in [0.25, 0.3) is 0 Å². The smallest absolute Gasteiger partial charge is 0.122 e. The van der Waals surface area contributed by atoms with Crippen molar-refractivity contribution in [2.75, 3.05) is 39.3 Å². The van der Waals surface area contributed by atoms with E-state index in [0.717, 1.165) is 44.0 Å². The summed E-state index contributed by atoms with van der Waals surface area (Å²) in [6, 6.07) is 16.8. The van der Waals surface area contributed by atoms with E-state index in [1.807, 2.05) is 13.0 Å². The monoisotopic (exact) mass is 424 g/mol. The Bertz CT molecular complexity index is 692. The van der Waals surface area contributed by atoms with E-state index in [1.54, 1.807) is 0 Å². The standard InChI is InChI=1S/C22H30N2O2.2ClH/c1-18-8-9-19(2)22(14-18)26-17-21(25)16-24-12-10-23(11-13-24)15-20-6-4-3-5-7-20;;/h3-9,14,21,25H,10-13,15-17H2,1-2H3;2*1H/p-2. The Morgan fingerprint density at radius 1 is 0.929 bits per heavy atom. The Morgan fingerprint density at radius 2 is 1.57 bits per heavy atom. The molecular weight excluding hydrogens is 395 g/mol. The van der Waals surface area contributed by atoms with Crippen molar-refractivity contribution < 1.29 is 34.7 Å². The largest absolute Gasteiger partial charge is 1.00 e. The van der Waals surface area contributed by atoms with Gasteiger partial charge in [0.15, 0.2) is 0 Å². The Kier molecular flexibility index (Phi) is 10.9. The van der Waals surface area contributed by atoms with Crippen molar-refractivity contribution in [2.24, 2.45) is 0 Å². The van der Waals surface area contributed by atoms with Gasteiger partial charge in [0.05, 0.1) is 0 Å². The quantitative estimate of drug-likeness (QED) is 0.509. The first-order valence-corrected chi connectivity index (χ1v) is 9.47. The highest BCUT2D eigenvalue weighted by atomic mass is 35.5. The molecule has 1 heterocycles. The molecule has 6 heteroatoms. The van der Waals surface area contributed by atoms with Gasteiger partial charge in [0.2, 0.25) is 0 Å². The molecule has 28 heavy (non-hydrogen) atoms. The first kappa shape index (κ1) is 24.7. The number of ether oxygens (including phenoxy) is 1. The summed E-state index contributed by atoms with van der Waals surface area (Å²) in [5, 5.41) is 10.3. The number of aryl methyl sites for hydroxylation is 2. The van der Waals surface area contributed by atoms with E-state index in [4.69, 9.17) is 4.74 Å². The maximum Gasteiger partial charge on any atom is 0.122 e. The van der Waals surface area contributed by atoms with Crippen LogP contribution >= 0.6 is 0 Å². The number of aliphatic hydroxyl groups excluding tert-OH is 1. The minimum Gasteiger partial charge on any atom is -1.00 e. The third-order valence-corrected chi connectivity index (χ3v) is 4.96. The van der Waals surface area contributed by atoms with Crippen molar-refractivity contribution in [1.82, 2.24) is 9.80 Å². The van der Waals surface area contributed by atoms with Crippen molar-refractivity contribution >= 4 is 0 Å². The van der Waals surface area contributed by atoms with Crippen LogP contribution < -0.4 is 29.6 Å². The van der Waals surface area contributed by atoms with E-state index in [2.05, 4.69) is 59.2 Å². The van der Waals surface area contributed by atoms with Crippen LogP contribution in [0.2, 0.25) is 0 Å². The molecule has 1 atom stereocenters. The summed E-state index contributed by atoms with van der Waals surface area (Å²) in [4.78, 5) is 4.81. The van der Waals surface area contributed by atoms with Crippen LogP contribution in [0.4, 0.5) is 0 Å². The predicted octanol–water partition coefficient (Wildman–Crippen LogP) is -3.13. The second-order valence-electron chi connectivity index (χ2n) is 7.30. The summed E-state index contributed by atoms with van der Waals surface area (Å²) >= 11 is 0. The van der Waals surface area contributed by atoms with Gasteiger partial charge in [-0.05, 0) is 36.6 Å². The molecule has 1 N–H and O–H groups in total. The van der Waals surface area contributed by atoms with Gasteiger partial charge in [0, 0.05) is 39.3 Å². The lowest BCUT2D eigenvalue weighted by molar-refractivity contribution is -0.00100. The lowest BCUT2D eigenvalue weighted by atomic mass is 10.1. The van der Waals surface area contributed by atoms with E-state index < -0.39 is 6.10 Å². The predicted molar refractivity (Wildman–Crippen MR) is 106 cm³/mol. The highest BCUT2D eigenvalue weighted by Gasteiger charge is 2.19. The molecule has 1 aliphatic rings. The number of hydrogen-bond acceptors (Lipinski definition) is 4. The lowest BCUT2D eigenvalue weighted by Gasteiger charge is -2.35. The van der Waals surface area contributed by atoms with Gasteiger partial charge in [-0.1, -0.05) is 42.5 Å². The average molecular weight is 425 g/mol. The molecule has 0 aromatic heterocycles. The molecule has 0 saturated carbocycles. The van der Waals surface area contributed by atoms with Gasteiger partial charge in [-0.3, -0.25) is 9.80 Å². The lowest BCUT2D eigenvalue weighted by Crippen LogP contribution is -3.00. The Labute approximate surface area is 181 Å². The van der Waals surface area contributed by atoms with E-state index in [-0.39, 0.29) is 24.8 Å². The van der Waals surface area contributed by atoms with Crippen LogP contribution in [0, 0.1) is 13.8 Å². The van der Waals surface area contributed by atoms with Crippen LogP contribution in [0.1, 0.15) is 16.7 Å². The van der Waals surface area contributed by atoms with Crippen molar-refractivity contribution in [3.8, 4) is 5.75 Å². The molecule has 3 rings (SSSR count). The van der Waals surface area contributed by atoms with Gasteiger partial charge in [-0.2, -0.15) is 0 Å². The van der Waals surface area contributed by atoms with Gasteiger partial charge in [0.1, 0.15) is 18.5 Å². The number of β-amino-alcohol motifs (C(OH)–C–C–N with tert-alkyl or cyclic N) is 1. The minimum absolute atomic E-state index is 0. The zero-order valence-corrected chi connectivity index (χ0v) is 18.2. The molecule has 1 aliphatic heterocycles. The van der Waals surface area contributed by atoms with Crippen LogP contribution in [-0.4, -0.2) is 60.3 Å². The first-order chi connectivity index (χ1) is 12.6. The number of halogens is 2. The average Bonchev–Trinajstić information content (AvgIpc) is 2.65. The Morgan fingerprint density at radius 3 is 2.25 bits per heavy atom. The van der Waals surface area contributed by atoms with Gasteiger partial charge in [0.25, 0.3) is 0 Å². The molecule has 2 aromatic carbocycles. The maximum absolute atomic E-state index is 10.3. The highest BCUT2D eigenvalue weighted by molar-refractivity contribution is 5.35. The molecule has 0 spiro atoms. The molecule has 1 fully saturated rings. The minimum atomic E-state index is -0.462. The Hall–Kier alpha value is -1.30. The fraction of sp³-hybridized carbons (Fsp3) is 0.455. The summed E-state index contributed by atoms with van der Waals surface area (Å²) in [6.45, 7) is 10.2. The van der Waals surface area contributed by atoms with Crippen LogP contribution in [0.15, 0.2) is 48.5 Å². The van der Waals surface area contributed by atoms with Gasteiger partial charge in [-0.25, -0.2) is 0 Å². The Balaban J connectivity index is 0.00000196. The van der Waals surface area contributed by atoms with E-state index >= 15 is 0 Å². The number of hydrogen-bond donors (Lipinski definition) is 1. The van der Waals surface area contributed by atoms with Crippen molar-refractivity contribution in [1.29, 1.82) is 0 Å². The summed E-state index contributed by atoms with van der Waals surface area (Å²) in [5.74, 6) is 0.872. The molecule has 0 amide bonds. The van der Waals surface area contributed by atoms with Crippen LogP contribution in [0.3, 0.4) is 0 Å². The number of rotatable bonds is 7. The summed E-state index contributed by atoms with van der Waals surface area (Å²) < 4.78 is 5.83. The molecule has 0 bridgehead atoms. The second kappa shape index (κ2) is 12.3. The zero-order valence-electron chi connectivity index (χ0n) is 16.7. The number of benzene rings is 2. The van der Waals surface area contributed by atoms with E-state index in [1.165, 1.54) is 11.1 Å². The van der Waals surface area contributed by atoms with Crippen molar-refractivity contribution in [3.63, 3.8) is 0 Å². The van der Waals surface area contributed by atoms with Crippen LogP contribution in [0.5, 0.6) is 5.75 Å². The second-order valence-corrected chi connectivity index (χ2v) is 7.30. The third-order valence-electron chi connectivity index (χ3n) is 4.96. The van der Waals surface area contributed by atoms with E-state index in [0.29, 0.717) is 13.2 Å². The topological polar surface area (TPSA) is 35.9 Å². The summed E-state index contributed by atoms with van der Waals surface area (Å²) in [6.07, 6.45) is -0.462. The normalized spacial score (nSPS) is 16.0. The van der Waals surface area contributed by atoms with Gasteiger partial charge in [-0.15, -0.1) is 0 Å². The fourth-order valence-electron chi connectivity index (χ4n) is 3.37. The van der Waals surface area contributed by atoms with Gasteiger partial charge < -0.3 is 34.7 Å². The van der Waals surface area contributed by atoms with Crippen LogP contribution in [-0.2, 0) is 6.54 Å². The van der Waals surface area contributed by atoms with Gasteiger partial charge >= 0.3 is 0 Å². The highest BCUT2D eigenvalue weighted by Crippen LogP contribution is 2.19. The molecule has 2 aromatic rings. The summed E-state index contributed by atoms with van der Waals surface area (Å²) in [5.41, 5.74) is 3.65. The maximum atomic E-state index is 10.3. The molecule has 156 valence electrons. The molecule has 0 aliphatic carbocycles.